The summed E-state index contributed by atoms with van der Waals surface area (Å²) in [6, 6.07) is 0.614. The highest BCUT2D eigenvalue weighted by molar-refractivity contribution is 5.92. The van der Waals surface area contributed by atoms with Gasteiger partial charge in [0.05, 0.1) is 0 Å². The van der Waals surface area contributed by atoms with Crippen LogP contribution in [0.3, 0.4) is 0 Å². The molecule has 0 aliphatic heterocycles. The molecule has 0 aliphatic carbocycles. The standard InChI is InChI=1S/C7H6F2N2O3/c8-5(9)4-3(12)1-2(6(10)13)7(14)11-4/h1,5,12H,(H2,10,13)(H,11,14). The molecule has 0 atom stereocenters. The van der Waals surface area contributed by atoms with Crippen LogP contribution in [0.2, 0.25) is 0 Å². The molecule has 1 aromatic rings. The second-order valence-electron chi connectivity index (χ2n) is 2.48. The number of nitrogens with two attached hydrogens (primary N) is 1. The largest absolute Gasteiger partial charge is 0.506 e. The van der Waals surface area contributed by atoms with Gasteiger partial charge in [0, 0.05) is 6.07 Å². The topological polar surface area (TPSA) is 96.2 Å². The molecular weight excluding hydrogens is 198 g/mol. The van der Waals surface area contributed by atoms with Gasteiger partial charge in [0.1, 0.15) is 17.0 Å². The lowest BCUT2D eigenvalue weighted by atomic mass is 10.2. The van der Waals surface area contributed by atoms with E-state index in [1.807, 2.05) is 0 Å². The zero-order valence-corrected chi connectivity index (χ0v) is 6.75. The van der Waals surface area contributed by atoms with Crippen molar-refractivity contribution >= 4 is 5.91 Å². The van der Waals surface area contributed by atoms with Gasteiger partial charge < -0.3 is 15.8 Å². The zero-order valence-electron chi connectivity index (χ0n) is 6.75. The maximum Gasteiger partial charge on any atom is 0.281 e. The number of aromatic nitrogens is 1. The van der Waals surface area contributed by atoms with Crippen molar-refractivity contribution in [3.05, 3.63) is 27.7 Å². The summed E-state index contributed by atoms with van der Waals surface area (Å²) in [5.74, 6) is -1.96. The van der Waals surface area contributed by atoms with E-state index in [1.54, 1.807) is 4.98 Å². The third-order valence-corrected chi connectivity index (χ3v) is 1.53. The molecule has 4 N–H and O–H groups in total. The van der Waals surface area contributed by atoms with E-state index in [0.717, 1.165) is 0 Å². The summed E-state index contributed by atoms with van der Waals surface area (Å²) in [4.78, 5) is 23.2. The van der Waals surface area contributed by atoms with E-state index < -0.39 is 34.9 Å². The van der Waals surface area contributed by atoms with Crippen LogP contribution < -0.4 is 11.3 Å². The van der Waals surface area contributed by atoms with Gasteiger partial charge in [-0.2, -0.15) is 0 Å². The van der Waals surface area contributed by atoms with Crippen LogP contribution in [0, 0.1) is 0 Å². The number of primary amides is 1. The van der Waals surface area contributed by atoms with Gasteiger partial charge in [-0.15, -0.1) is 0 Å². The number of hydrogen-bond donors (Lipinski definition) is 3. The fourth-order valence-electron chi connectivity index (χ4n) is 0.883. The Labute approximate surface area is 76.2 Å². The number of rotatable bonds is 2. The molecule has 0 spiro atoms. The Morgan fingerprint density at radius 1 is 1.57 bits per heavy atom. The number of pyridine rings is 1. The van der Waals surface area contributed by atoms with Crippen molar-refractivity contribution in [2.24, 2.45) is 5.73 Å². The molecule has 0 bridgehead atoms. The third-order valence-electron chi connectivity index (χ3n) is 1.53. The van der Waals surface area contributed by atoms with Gasteiger partial charge in [-0.1, -0.05) is 0 Å². The third kappa shape index (κ3) is 1.70. The normalized spacial score (nSPS) is 10.5. The minimum absolute atomic E-state index is 0.563. The molecule has 1 aromatic heterocycles. The molecule has 0 unspecified atom stereocenters. The van der Waals surface area contributed by atoms with Crippen molar-refractivity contribution in [1.29, 1.82) is 0 Å². The van der Waals surface area contributed by atoms with Crippen LogP contribution in [0.25, 0.3) is 0 Å². The molecule has 0 aromatic carbocycles. The summed E-state index contributed by atoms with van der Waals surface area (Å²) in [5, 5.41) is 8.98. The van der Waals surface area contributed by atoms with Crippen molar-refractivity contribution in [3.63, 3.8) is 0 Å². The highest BCUT2D eigenvalue weighted by Gasteiger charge is 2.17. The Balaban J connectivity index is 3.39. The van der Waals surface area contributed by atoms with Gasteiger partial charge in [0.15, 0.2) is 0 Å². The lowest BCUT2D eigenvalue weighted by Gasteiger charge is -2.03. The first-order valence-corrected chi connectivity index (χ1v) is 3.47. The predicted molar refractivity (Wildman–Crippen MR) is 42.2 cm³/mol. The van der Waals surface area contributed by atoms with E-state index in [-0.39, 0.29) is 0 Å². The average Bonchev–Trinajstić information content (AvgIpc) is 2.07. The van der Waals surface area contributed by atoms with Crippen LogP contribution in [0.5, 0.6) is 5.75 Å². The van der Waals surface area contributed by atoms with Crippen LogP contribution in [0.15, 0.2) is 10.9 Å². The van der Waals surface area contributed by atoms with Crippen molar-refractivity contribution in [1.82, 2.24) is 4.98 Å². The summed E-state index contributed by atoms with van der Waals surface area (Å²) >= 11 is 0. The van der Waals surface area contributed by atoms with Crippen LogP contribution in [-0.4, -0.2) is 16.0 Å². The van der Waals surface area contributed by atoms with Crippen molar-refractivity contribution in [3.8, 4) is 5.75 Å². The molecule has 7 heteroatoms. The van der Waals surface area contributed by atoms with Gasteiger partial charge >= 0.3 is 0 Å². The second-order valence-corrected chi connectivity index (χ2v) is 2.48. The van der Waals surface area contributed by atoms with E-state index in [9.17, 15) is 18.4 Å². The molecule has 1 amide bonds. The van der Waals surface area contributed by atoms with E-state index in [2.05, 4.69) is 0 Å². The fourth-order valence-corrected chi connectivity index (χ4v) is 0.883. The minimum atomic E-state index is -3.02. The first-order chi connectivity index (χ1) is 6.43. The van der Waals surface area contributed by atoms with Crippen LogP contribution in [-0.2, 0) is 0 Å². The highest BCUT2D eigenvalue weighted by atomic mass is 19.3. The Morgan fingerprint density at radius 3 is 2.57 bits per heavy atom. The maximum absolute atomic E-state index is 12.1. The molecule has 0 radical (unpaired) electrons. The SMILES string of the molecule is NC(=O)c1cc(O)c(C(F)F)[nH]c1=O. The van der Waals surface area contributed by atoms with E-state index in [0.29, 0.717) is 6.07 Å². The molecule has 0 fully saturated rings. The Kier molecular flexibility index (Phi) is 2.50. The first-order valence-electron chi connectivity index (χ1n) is 3.47. The second kappa shape index (κ2) is 3.44. The molecule has 1 heterocycles. The molecule has 14 heavy (non-hydrogen) atoms. The molecule has 0 saturated heterocycles. The number of carbonyl (C=O) groups excluding carboxylic acids is 1. The van der Waals surface area contributed by atoms with E-state index in [1.165, 1.54) is 0 Å². The molecule has 0 saturated carbocycles. The number of H-pyrrole nitrogens is 1. The van der Waals surface area contributed by atoms with Gasteiger partial charge in [-0.25, -0.2) is 8.78 Å². The Bertz CT molecular complexity index is 427. The van der Waals surface area contributed by atoms with E-state index >= 15 is 0 Å². The van der Waals surface area contributed by atoms with Gasteiger partial charge in [0.2, 0.25) is 0 Å². The van der Waals surface area contributed by atoms with Crippen molar-refractivity contribution in [2.75, 3.05) is 0 Å². The summed E-state index contributed by atoms with van der Waals surface area (Å²) in [6.07, 6.45) is -3.02. The number of amides is 1. The lowest BCUT2D eigenvalue weighted by molar-refractivity contribution is 0.0996. The van der Waals surface area contributed by atoms with Crippen molar-refractivity contribution in [2.45, 2.75) is 6.43 Å². The number of hydrogen-bond acceptors (Lipinski definition) is 3. The molecule has 1 rings (SSSR count). The van der Waals surface area contributed by atoms with E-state index in [4.69, 9.17) is 10.8 Å². The molecular formula is C7H6F2N2O3. The number of aromatic hydroxyl groups is 1. The number of nitrogens with one attached hydrogen (secondary N) is 1. The fraction of sp³-hybridized carbons (Fsp3) is 0.143. The van der Waals surface area contributed by atoms with Gasteiger partial charge in [-0.05, 0) is 0 Å². The first kappa shape index (κ1) is 10.2. The highest BCUT2D eigenvalue weighted by Crippen LogP contribution is 2.24. The lowest BCUT2D eigenvalue weighted by Crippen LogP contribution is -2.24. The summed E-state index contributed by atoms with van der Waals surface area (Å²) < 4.78 is 24.2. The predicted octanol–water partition coefficient (Wildman–Crippen LogP) is 0.117. The summed E-state index contributed by atoms with van der Waals surface area (Å²) in [7, 11) is 0. The van der Waals surface area contributed by atoms with Gasteiger partial charge in [0.25, 0.3) is 17.9 Å². The zero-order chi connectivity index (χ0) is 10.9. The molecule has 76 valence electrons. The van der Waals surface area contributed by atoms with Crippen molar-refractivity contribution < 1.29 is 18.7 Å². The minimum Gasteiger partial charge on any atom is -0.506 e. The maximum atomic E-state index is 12.1. The number of carbonyl (C=O) groups is 1. The number of alkyl halides is 2. The monoisotopic (exact) mass is 204 g/mol. The van der Waals surface area contributed by atoms with Gasteiger partial charge in [-0.3, -0.25) is 9.59 Å². The Hall–Kier alpha value is -1.92. The molecule has 0 aliphatic rings. The van der Waals surface area contributed by atoms with Crippen LogP contribution in [0.1, 0.15) is 22.5 Å². The summed E-state index contributed by atoms with van der Waals surface area (Å²) in [6.45, 7) is 0. The smallest absolute Gasteiger partial charge is 0.281 e. The molecule has 5 nitrogen and oxygen atoms in total. The quantitative estimate of drug-likeness (QED) is 0.638. The van der Waals surface area contributed by atoms with Crippen LogP contribution in [0.4, 0.5) is 8.78 Å². The average molecular weight is 204 g/mol. The summed E-state index contributed by atoms with van der Waals surface area (Å²) in [5.41, 5.74) is 2.21. The van der Waals surface area contributed by atoms with Crippen LogP contribution >= 0.6 is 0 Å². The number of aromatic amines is 1. The number of halogens is 2. The Morgan fingerprint density at radius 2 is 2.14 bits per heavy atom.